The Morgan fingerprint density at radius 3 is 2.39 bits per heavy atom. The highest BCUT2D eigenvalue weighted by atomic mass is 19.1. The predicted molar refractivity (Wildman–Crippen MR) is 132 cm³/mol. The molecule has 3 aromatic rings. The summed E-state index contributed by atoms with van der Waals surface area (Å²) < 4.78 is 13.6. The molecule has 1 aliphatic rings. The zero-order chi connectivity index (χ0) is 26.0. The number of carboxylic acid groups (broad SMARTS) is 1. The van der Waals surface area contributed by atoms with Crippen LogP contribution >= 0.6 is 0 Å². The Bertz CT molecular complexity index is 1300. The number of nitrogens with two attached hydrogens (primary N) is 1. The monoisotopic (exact) mass is 492 g/mol. The molecule has 1 aromatic heterocycles. The molecule has 0 aliphatic carbocycles. The number of hydrogen-bond donors (Lipinski definition) is 4. The third-order valence-electron chi connectivity index (χ3n) is 5.67. The highest BCUT2D eigenvalue weighted by Gasteiger charge is 2.41. The Hall–Kier alpha value is -4.51. The van der Waals surface area contributed by atoms with E-state index >= 15 is 0 Å². The zero-order valence-electron chi connectivity index (χ0n) is 19.6. The number of amides is 2. The number of aromatic carboxylic acids is 1. The van der Waals surface area contributed by atoms with Crippen LogP contribution in [0.2, 0.25) is 0 Å². The summed E-state index contributed by atoms with van der Waals surface area (Å²) in [5, 5.41) is 15.7. The maximum Gasteiger partial charge on any atom is 0.338 e. The van der Waals surface area contributed by atoms with Crippen molar-refractivity contribution in [1.82, 2.24) is 9.88 Å². The van der Waals surface area contributed by atoms with Gasteiger partial charge in [0.25, 0.3) is 0 Å². The lowest BCUT2D eigenvalue weighted by molar-refractivity contribution is -0.119. The summed E-state index contributed by atoms with van der Waals surface area (Å²) in [5.74, 6) is -2.33. The molecule has 0 radical (unpaired) electrons. The van der Waals surface area contributed by atoms with Gasteiger partial charge in [-0.3, -0.25) is 9.59 Å². The van der Waals surface area contributed by atoms with Crippen molar-refractivity contribution in [2.75, 3.05) is 36.2 Å². The number of carbonyl (C=O) groups excluding carboxylic acids is 2. The van der Waals surface area contributed by atoms with Crippen molar-refractivity contribution in [3.05, 3.63) is 83.3 Å². The number of rotatable bonds is 8. The van der Waals surface area contributed by atoms with Gasteiger partial charge in [-0.05, 0) is 55.6 Å². The summed E-state index contributed by atoms with van der Waals surface area (Å²) in [6, 6.07) is 12.4. The van der Waals surface area contributed by atoms with E-state index in [-0.39, 0.29) is 29.5 Å². The van der Waals surface area contributed by atoms with Gasteiger partial charge in [0.15, 0.2) is 5.82 Å². The van der Waals surface area contributed by atoms with E-state index in [0.717, 1.165) is 0 Å². The number of benzene rings is 2. The van der Waals surface area contributed by atoms with Crippen LogP contribution in [0.3, 0.4) is 0 Å². The predicted octanol–water partition coefficient (Wildman–Crippen LogP) is 2.58. The van der Waals surface area contributed by atoms with E-state index in [2.05, 4.69) is 15.6 Å². The van der Waals surface area contributed by atoms with Gasteiger partial charge >= 0.3 is 5.97 Å². The summed E-state index contributed by atoms with van der Waals surface area (Å²) >= 11 is 0. The minimum atomic E-state index is -1.21. The number of carbonyl (C=O) groups is 3. The molecule has 2 unspecified atom stereocenters. The van der Waals surface area contributed by atoms with Crippen LogP contribution in [-0.4, -0.2) is 53.4 Å². The van der Waals surface area contributed by atoms with Crippen molar-refractivity contribution in [3.63, 3.8) is 0 Å². The second-order valence-corrected chi connectivity index (χ2v) is 8.58. The fraction of sp³-hybridized carbons (Fsp3) is 0.200. The Kier molecular flexibility index (Phi) is 6.84. The van der Waals surface area contributed by atoms with E-state index in [1.165, 1.54) is 36.5 Å². The molecule has 1 aliphatic heterocycles. The summed E-state index contributed by atoms with van der Waals surface area (Å²) in [7, 11) is 3.56. The molecular formula is C25H25FN6O4. The second-order valence-electron chi connectivity index (χ2n) is 8.58. The SMILES string of the molecule is CN(C)CC(=O)Nc1ccc(C(C(N)=O)N2c3c(C(=O)O)ccnc3NC2c2ccc(F)cc2)cc1. The van der Waals surface area contributed by atoms with Gasteiger partial charge in [-0.25, -0.2) is 14.2 Å². The number of nitrogens with one attached hydrogen (secondary N) is 2. The topological polar surface area (TPSA) is 141 Å². The van der Waals surface area contributed by atoms with Crippen LogP contribution in [0, 0.1) is 5.82 Å². The fourth-order valence-corrected chi connectivity index (χ4v) is 4.19. The van der Waals surface area contributed by atoms with Crippen molar-refractivity contribution in [2.24, 2.45) is 5.73 Å². The Labute approximate surface area is 206 Å². The first kappa shape index (κ1) is 24.6. The maximum absolute atomic E-state index is 13.6. The van der Waals surface area contributed by atoms with Gasteiger partial charge in [0, 0.05) is 11.9 Å². The normalized spacial score (nSPS) is 15.2. The van der Waals surface area contributed by atoms with Gasteiger partial charge in [-0.15, -0.1) is 0 Å². The first-order chi connectivity index (χ1) is 17.2. The number of carboxylic acids is 1. The molecule has 4 rings (SSSR count). The summed E-state index contributed by atoms with van der Waals surface area (Å²) in [4.78, 5) is 44.5. The minimum Gasteiger partial charge on any atom is -0.478 e. The van der Waals surface area contributed by atoms with Gasteiger partial charge in [-0.1, -0.05) is 24.3 Å². The number of hydrogen-bond acceptors (Lipinski definition) is 7. The Morgan fingerprint density at radius 2 is 1.81 bits per heavy atom. The van der Waals surface area contributed by atoms with E-state index in [9.17, 15) is 23.9 Å². The molecule has 5 N–H and O–H groups in total. The van der Waals surface area contributed by atoms with E-state index in [0.29, 0.717) is 16.8 Å². The third kappa shape index (κ3) is 4.96. The lowest BCUT2D eigenvalue weighted by atomic mass is 10.0. The van der Waals surface area contributed by atoms with Crippen molar-refractivity contribution in [3.8, 4) is 0 Å². The van der Waals surface area contributed by atoms with Gasteiger partial charge in [0.05, 0.1) is 17.8 Å². The summed E-state index contributed by atoms with van der Waals surface area (Å²) in [6.07, 6.45) is 0.593. The van der Waals surface area contributed by atoms with E-state index in [1.807, 2.05) is 0 Å². The van der Waals surface area contributed by atoms with E-state index < -0.39 is 29.9 Å². The average molecular weight is 493 g/mol. The number of aromatic nitrogens is 1. The number of nitrogens with zero attached hydrogens (tertiary/aromatic N) is 3. The lowest BCUT2D eigenvalue weighted by Crippen LogP contribution is -2.40. The van der Waals surface area contributed by atoms with Crippen LogP contribution in [0.15, 0.2) is 60.8 Å². The lowest BCUT2D eigenvalue weighted by Gasteiger charge is -2.34. The smallest absolute Gasteiger partial charge is 0.338 e. The molecule has 11 heteroatoms. The number of halogens is 1. The average Bonchev–Trinajstić information content (AvgIpc) is 3.19. The summed E-state index contributed by atoms with van der Waals surface area (Å²) in [6.45, 7) is 0.201. The minimum absolute atomic E-state index is 0.0732. The van der Waals surface area contributed by atoms with Crippen LogP contribution in [0.1, 0.15) is 33.7 Å². The highest BCUT2D eigenvalue weighted by Crippen LogP contribution is 2.47. The Morgan fingerprint density at radius 1 is 1.14 bits per heavy atom. The fourth-order valence-electron chi connectivity index (χ4n) is 4.19. The maximum atomic E-state index is 13.6. The molecule has 2 atom stereocenters. The van der Waals surface area contributed by atoms with Gasteiger partial charge in [-0.2, -0.15) is 0 Å². The van der Waals surface area contributed by atoms with Crippen LogP contribution in [-0.2, 0) is 9.59 Å². The van der Waals surface area contributed by atoms with Crippen LogP contribution in [0.5, 0.6) is 0 Å². The highest BCUT2D eigenvalue weighted by molar-refractivity contribution is 6.01. The number of anilines is 3. The largest absolute Gasteiger partial charge is 0.478 e. The number of primary amides is 1. The second kappa shape index (κ2) is 10.0. The molecule has 0 bridgehead atoms. The van der Waals surface area contributed by atoms with Crippen molar-refractivity contribution < 1.29 is 23.9 Å². The van der Waals surface area contributed by atoms with Crippen molar-refractivity contribution in [2.45, 2.75) is 12.2 Å². The van der Waals surface area contributed by atoms with Crippen molar-refractivity contribution >= 4 is 35.0 Å². The number of likely N-dealkylation sites (N-methyl/N-ethyl adjacent to an activating group) is 1. The molecule has 2 aromatic carbocycles. The number of fused-ring (bicyclic) bond motifs is 1. The standard InChI is InChI=1S/C25H25FN6O4/c1-31(2)13-19(33)29-17-9-5-14(6-10-17)20(22(27)34)32-21-18(25(35)36)11-12-28-23(21)30-24(32)15-3-7-16(26)8-4-15/h3-12,20,24H,13H2,1-2H3,(H2,27,34)(H,28,30)(H,29,33)(H,35,36). The quantitative estimate of drug-likeness (QED) is 0.376. The third-order valence-corrected chi connectivity index (χ3v) is 5.67. The molecule has 0 saturated carbocycles. The molecule has 0 fully saturated rings. The van der Waals surface area contributed by atoms with Crippen LogP contribution in [0.4, 0.5) is 21.6 Å². The van der Waals surface area contributed by atoms with E-state index in [1.54, 1.807) is 48.2 Å². The van der Waals surface area contributed by atoms with Crippen molar-refractivity contribution in [1.29, 1.82) is 0 Å². The first-order valence-corrected chi connectivity index (χ1v) is 11.0. The molecule has 2 heterocycles. The van der Waals surface area contributed by atoms with Crippen LogP contribution in [0.25, 0.3) is 0 Å². The molecule has 0 saturated heterocycles. The summed E-state index contributed by atoms with van der Waals surface area (Å²) in [5.41, 5.74) is 7.54. The molecule has 186 valence electrons. The molecule has 2 amide bonds. The van der Waals surface area contributed by atoms with E-state index in [4.69, 9.17) is 5.73 Å². The van der Waals surface area contributed by atoms with Gasteiger partial charge < -0.3 is 31.3 Å². The molecular weight excluding hydrogens is 467 g/mol. The van der Waals surface area contributed by atoms with Gasteiger partial charge in [0.2, 0.25) is 11.8 Å². The molecule has 10 nitrogen and oxygen atoms in total. The Balaban J connectivity index is 1.77. The number of pyridine rings is 1. The van der Waals surface area contributed by atoms with Gasteiger partial charge in [0.1, 0.15) is 18.0 Å². The first-order valence-electron chi connectivity index (χ1n) is 11.0. The molecule has 36 heavy (non-hydrogen) atoms. The van der Waals surface area contributed by atoms with Crippen LogP contribution < -0.4 is 21.3 Å². The zero-order valence-corrected chi connectivity index (χ0v) is 19.6. The molecule has 0 spiro atoms.